The Morgan fingerprint density at radius 3 is 2.03 bits per heavy atom. The average molecular weight is 409 g/mol. The van der Waals surface area contributed by atoms with E-state index in [1.807, 2.05) is 19.1 Å². The monoisotopic (exact) mass is 409 g/mol. The molecule has 0 aromatic heterocycles. The number of carbonyl (C=O) groups is 2. The third-order valence-electron chi connectivity index (χ3n) is 4.93. The van der Waals surface area contributed by atoms with Crippen LogP contribution < -0.4 is 0 Å². The van der Waals surface area contributed by atoms with Gasteiger partial charge in [-0.2, -0.15) is 8.42 Å². The largest absolute Gasteiger partial charge is 0.296 e. The summed E-state index contributed by atoms with van der Waals surface area (Å²) in [5, 5.41) is 1.51. The molecular weight excluding hydrogens is 390 g/mol. The molecule has 0 unspecified atom stereocenters. The Morgan fingerprint density at radius 1 is 0.862 bits per heavy atom. The van der Waals surface area contributed by atoms with Crippen molar-refractivity contribution in [1.82, 2.24) is 4.90 Å². The molecular formula is C22H19NO5S. The number of hydrogen-bond donors (Lipinski definition) is 0. The third kappa shape index (κ3) is 3.54. The predicted molar refractivity (Wildman–Crippen MR) is 108 cm³/mol. The maximum Gasteiger partial charge on any atom is 0.296 e. The molecule has 0 N–H and O–H groups in total. The SMILES string of the molecule is Cc1ccc(S(=O)(=O)OCCCN2C(=O)c3cccc4cccc(c34)C2=O)cc1. The fraction of sp³-hybridized carbons (Fsp3) is 0.182. The van der Waals surface area contributed by atoms with Crippen molar-refractivity contribution in [3.63, 3.8) is 0 Å². The van der Waals surface area contributed by atoms with Gasteiger partial charge in [-0.1, -0.05) is 42.0 Å². The van der Waals surface area contributed by atoms with Crippen molar-refractivity contribution in [2.45, 2.75) is 18.2 Å². The lowest BCUT2D eigenvalue weighted by Crippen LogP contribution is -2.41. The van der Waals surface area contributed by atoms with Crippen LogP contribution in [-0.2, 0) is 14.3 Å². The first-order valence-corrected chi connectivity index (χ1v) is 10.6. The van der Waals surface area contributed by atoms with Gasteiger partial charge >= 0.3 is 0 Å². The summed E-state index contributed by atoms with van der Waals surface area (Å²) in [6.07, 6.45) is 0.209. The van der Waals surface area contributed by atoms with Crippen LogP contribution in [0.25, 0.3) is 10.8 Å². The quantitative estimate of drug-likeness (QED) is 0.353. The maximum absolute atomic E-state index is 12.8. The van der Waals surface area contributed by atoms with Crippen LogP contribution in [0.15, 0.2) is 65.6 Å². The summed E-state index contributed by atoms with van der Waals surface area (Å²) >= 11 is 0. The van der Waals surface area contributed by atoms with E-state index in [9.17, 15) is 18.0 Å². The highest BCUT2D eigenvalue weighted by Crippen LogP contribution is 2.30. The van der Waals surface area contributed by atoms with E-state index in [1.54, 1.807) is 36.4 Å². The molecule has 0 bridgehead atoms. The molecule has 4 rings (SSSR count). The Balaban J connectivity index is 1.45. The van der Waals surface area contributed by atoms with Crippen molar-refractivity contribution in [2.24, 2.45) is 0 Å². The van der Waals surface area contributed by atoms with Gasteiger partial charge in [-0.3, -0.25) is 18.7 Å². The number of aryl methyl sites for hydroxylation is 1. The number of amides is 2. The second-order valence-corrected chi connectivity index (χ2v) is 8.53. The molecule has 29 heavy (non-hydrogen) atoms. The Bertz CT molecular complexity index is 1160. The van der Waals surface area contributed by atoms with Gasteiger partial charge in [0.25, 0.3) is 21.9 Å². The standard InChI is InChI=1S/C22H19NO5S/c1-15-9-11-17(12-10-15)29(26,27)28-14-4-13-23-21(24)18-7-2-5-16-6-3-8-19(20(16)18)22(23)25/h2-3,5-12H,4,13-14H2,1H3. The number of nitrogens with zero attached hydrogens (tertiary/aromatic N) is 1. The summed E-state index contributed by atoms with van der Waals surface area (Å²) in [5.41, 5.74) is 1.90. The molecule has 3 aromatic rings. The summed E-state index contributed by atoms with van der Waals surface area (Å²) in [7, 11) is -3.88. The smallest absolute Gasteiger partial charge is 0.274 e. The second-order valence-electron chi connectivity index (χ2n) is 6.91. The summed E-state index contributed by atoms with van der Waals surface area (Å²) in [6.45, 7) is 1.81. The number of carbonyl (C=O) groups excluding carboxylic acids is 2. The van der Waals surface area contributed by atoms with Crippen molar-refractivity contribution >= 4 is 32.7 Å². The lowest BCUT2D eigenvalue weighted by atomic mass is 9.94. The third-order valence-corrected chi connectivity index (χ3v) is 6.26. The number of imide groups is 1. The number of rotatable bonds is 6. The van der Waals surface area contributed by atoms with Crippen LogP contribution in [0.1, 0.15) is 32.7 Å². The van der Waals surface area contributed by atoms with E-state index in [1.165, 1.54) is 12.1 Å². The van der Waals surface area contributed by atoms with Crippen molar-refractivity contribution in [3.8, 4) is 0 Å². The molecule has 1 aliphatic rings. The molecule has 0 fully saturated rings. The summed E-state index contributed by atoms with van der Waals surface area (Å²) < 4.78 is 29.6. The molecule has 1 aliphatic heterocycles. The van der Waals surface area contributed by atoms with Gasteiger partial charge in [0, 0.05) is 23.1 Å². The van der Waals surface area contributed by atoms with Crippen LogP contribution in [0, 0.1) is 6.92 Å². The first-order chi connectivity index (χ1) is 13.9. The highest BCUT2D eigenvalue weighted by Gasteiger charge is 2.32. The highest BCUT2D eigenvalue weighted by atomic mass is 32.2. The van der Waals surface area contributed by atoms with Crippen LogP contribution in [0.3, 0.4) is 0 Å². The van der Waals surface area contributed by atoms with E-state index in [0.717, 1.165) is 15.8 Å². The van der Waals surface area contributed by atoms with Crippen LogP contribution >= 0.6 is 0 Å². The molecule has 1 heterocycles. The topological polar surface area (TPSA) is 80.8 Å². The molecule has 148 valence electrons. The molecule has 0 saturated heterocycles. The molecule has 0 radical (unpaired) electrons. The number of benzene rings is 3. The zero-order chi connectivity index (χ0) is 20.6. The summed E-state index contributed by atoms with van der Waals surface area (Å²) in [6, 6.07) is 17.1. The van der Waals surface area contributed by atoms with Crippen LogP contribution in [0.4, 0.5) is 0 Å². The fourth-order valence-electron chi connectivity index (χ4n) is 3.45. The molecule has 7 heteroatoms. The van der Waals surface area contributed by atoms with Crippen molar-refractivity contribution in [3.05, 3.63) is 77.4 Å². The number of hydrogen-bond acceptors (Lipinski definition) is 5. The minimum atomic E-state index is -3.88. The van der Waals surface area contributed by atoms with Crippen molar-refractivity contribution in [2.75, 3.05) is 13.2 Å². The van der Waals surface area contributed by atoms with Crippen LogP contribution in [0.2, 0.25) is 0 Å². The highest BCUT2D eigenvalue weighted by molar-refractivity contribution is 7.86. The van der Waals surface area contributed by atoms with Gasteiger partial charge in [-0.15, -0.1) is 0 Å². The van der Waals surface area contributed by atoms with Gasteiger partial charge in [0.1, 0.15) is 0 Å². The normalized spacial score (nSPS) is 13.9. The Morgan fingerprint density at radius 2 is 1.45 bits per heavy atom. The second kappa shape index (κ2) is 7.42. The Kier molecular flexibility index (Phi) is 4.94. The average Bonchev–Trinajstić information content (AvgIpc) is 2.71. The lowest BCUT2D eigenvalue weighted by molar-refractivity contribution is 0.0604. The van der Waals surface area contributed by atoms with E-state index < -0.39 is 10.1 Å². The van der Waals surface area contributed by atoms with Gasteiger partial charge in [0.2, 0.25) is 0 Å². The van der Waals surface area contributed by atoms with Gasteiger partial charge in [0.15, 0.2) is 0 Å². The molecule has 0 spiro atoms. The van der Waals surface area contributed by atoms with Gasteiger partial charge in [-0.05, 0) is 43.0 Å². The minimum Gasteiger partial charge on any atom is -0.274 e. The van der Waals surface area contributed by atoms with Crippen LogP contribution in [-0.4, -0.2) is 38.3 Å². The van der Waals surface area contributed by atoms with Gasteiger partial charge in [-0.25, -0.2) is 0 Å². The maximum atomic E-state index is 12.8. The molecule has 0 aliphatic carbocycles. The van der Waals surface area contributed by atoms with E-state index in [-0.39, 0.29) is 36.3 Å². The first kappa shape index (κ1) is 19.3. The lowest BCUT2D eigenvalue weighted by Gasteiger charge is -2.27. The van der Waals surface area contributed by atoms with Gasteiger partial charge < -0.3 is 0 Å². The van der Waals surface area contributed by atoms with E-state index in [2.05, 4.69) is 0 Å². The van der Waals surface area contributed by atoms with Gasteiger partial charge in [0.05, 0.1) is 11.5 Å². The molecule has 0 atom stereocenters. The van der Waals surface area contributed by atoms with Crippen LogP contribution in [0.5, 0.6) is 0 Å². The molecule has 2 amide bonds. The first-order valence-electron chi connectivity index (χ1n) is 9.22. The summed E-state index contributed by atoms with van der Waals surface area (Å²) in [5.74, 6) is -0.749. The molecule has 6 nitrogen and oxygen atoms in total. The van der Waals surface area contributed by atoms with E-state index in [0.29, 0.717) is 16.5 Å². The summed E-state index contributed by atoms with van der Waals surface area (Å²) in [4.78, 5) is 26.8. The molecule has 3 aromatic carbocycles. The zero-order valence-electron chi connectivity index (χ0n) is 15.8. The molecule has 0 saturated carbocycles. The fourth-order valence-corrected chi connectivity index (χ4v) is 4.39. The Hall–Kier alpha value is -3.03. The Labute approximate surface area is 168 Å². The predicted octanol–water partition coefficient (Wildman–Crippen LogP) is 3.54. The van der Waals surface area contributed by atoms with Crippen molar-refractivity contribution in [1.29, 1.82) is 0 Å². The van der Waals surface area contributed by atoms with E-state index >= 15 is 0 Å². The van der Waals surface area contributed by atoms with Crippen molar-refractivity contribution < 1.29 is 22.2 Å². The van der Waals surface area contributed by atoms with E-state index in [4.69, 9.17) is 4.18 Å². The minimum absolute atomic E-state index is 0.0752. The zero-order valence-corrected chi connectivity index (χ0v) is 16.6.